The highest BCUT2D eigenvalue weighted by molar-refractivity contribution is 7.94. The fourth-order valence-electron chi connectivity index (χ4n) is 2.95. The smallest absolute Gasteiger partial charge is 0.233 e. The topological polar surface area (TPSA) is 116 Å². The molecule has 1 N–H and O–H groups in total. The maximum absolute atomic E-state index is 14.6. The van der Waals surface area contributed by atoms with Crippen LogP contribution in [0.3, 0.4) is 0 Å². The number of pyridine rings is 1. The van der Waals surface area contributed by atoms with Crippen molar-refractivity contribution in [2.24, 2.45) is 4.99 Å². The Balaban J connectivity index is 1.60. The third-order valence-corrected chi connectivity index (χ3v) is 7.04. The van der Waals surface area contributed by atoms with Crippen molar-refractivity contribution >= 4 is 27.6 Å². The molecule has 2 aromatic heterocycles. The standard InChI is InChI=1S/C19H15F2N5O3S/c1-3-4-29-16-9-22-14(8-23-16)13(20)6-11-5-12(17(21)24-7-11)15-10-30(27,28)19(2)18(25-15)26-19/h1,5-9,15H,4,10H2,2H3,(H,25,26)/b13-6-. The zero-order chi connectivity index (χ0) is 21.5. The summed E-state index contributed by atoms with van der Waals surface area (Å²) in [6.45, 7) is 1.51. The molecule has 1 fully saturated rings. The van der Waals surface area contributed by atoms with E-state index in [2.05, 4.69) is 31.2 Å². The van der Waals surface area contributed by atoms with Crippen molar-refractivity contribution in [1.82, 2.24) is 20.3 Å². The Bertz CT molecular complexity index is 1220. The van der Waals surface area contributed by atoms with Gasteiger partial charge in [-0.15, -0.1) is 6.42 Å². The zero-order valence-corrected chi connectivity index (χ0v) is 16.4. The van der Waals surface area contributed by atoms with Crippen molar-refractivity contribution < 1.29 is 21.9 Å². The first-order valence-corrected chi connectivity index (χ1v) is 10.4. The minimum atomic E-state index is -3.56. The summed E-state index contributed by atoms with van der Waals surface area (Å²) >= 11 is 0. The Hall–Kier alpha value is -3.39. The zero-order valence-electron chi connectivity index (χ0n) is 15.6. The summed E-state index contributed by atoms with van der Waals surface area (Å²) in [5, 5.41) is 2.71. The minimum Gasteiger partial charge on any atom is -0.463 e. The van der Waals surface area contributed by atoms with Gasteiger partial charge in [-0.3, -0.25) is 4.99 Å². The van der Waals surface area contributed by atoms with Gasteiger partial charge in [0.1, 0.15) is 11.5 Å². The highest BCUT2D eigenvalue weighted by Gasteiger charge is 2.60. The molecule has 4 heterocycles. The van der Waals surface area contributed by atoms with E-state index in [9.17, 15) is 17.2 Å². The third kappa shape index (κ3) is 3.50. The highest BCUT2D eigenvalue weighted by Crippen LogP contribution is 2.39. The van der Waals surface area contributed by atoms with Crippen molar-refractivity contribution in [3.8, 4) is 18.2 Å². The van der Waals surface area contributed by atoms with Crippen LogP contribution in [0.2, 0.25) is 0 Å². The van der Waals surface area contributed by atoms with Crippen LogP contribution in [0.1, 0.15) is 29.8 Å². The summed E-state index contributed by atoms with van der Waals surface area (Å²) in [6.07, 6.45) is 9.67. The number of nitrogens with one attached hydrogen (secondary N) is 1. The summed E-state index contributed by atoms with van der Waals surface area (Å²) in [7, 11) is -3.56. The van der Waals surface area contributed by atoms with Gasteiger partial charge >= 0.3 is 0 Å². The van der Waals surface area contributed by atoms with Crippen molar-refractivity contribution in [2.45, 2.75) is 17.8 Å². The Morgan fingerprint density at radius 2 is 2.20 bits per heavy atom. The molecule has 2 atom stereocenters. The number of hydrogen-bond donors (Lipinski definition) is 1. The average molecular weight is 431 g/mol. The second-order valence-electron chi connectivity index (χ2n) is 6.81. The van der Waals surface area contributed by atoms with E-state index in [0.717, 1.165) is 18.5 Å². The molecular weight excluding hydrogens is 416 g/mol. The third-order valence-electron chi connectivity index (χ3n) is 4.75. The monoisotopic (exact) mass is 431 g/mol. The van der Waals surface area contributed by atoms with Gasteiger partial charge in [0.25, 0.3) is 0 Å². The van der Waals surface area contributed by atoms with Gasteiger partial charge < -0.3 is 10.1 Å². The SMILES string of the molecule is C#CCOc1cnc(/C(F)=C/c2cnc(F)c(C3CS(=O)(=O)C4(C)NC4=N3)c2)cn1. The van der Waals surface area contributed by atoms with Gasteiger partial charge in [-0.2, -0.15) is 4.39 Å². The molecule has 4 rings (SSSR count). The molecule has 0 aromatic carbocycles. The molecule has 2 unspecified atom stereocenters. The molecule has 0 saturated carbocycles. The summed E-state index contributed by atoms with van der Waals surface area (Å²) < 4.78 is 58.7. The van der Waals surface area contributed by atoms with Gasteiger partial charge in [-0.05, 0) is 24.6 Å². The van der Waals surface area contributed by atoms with Gasteiger partial charge in [0, 0.05) is 11.8 Å². The predicted molar refractivity (Wildman–Crippen MR) is 105 cm³/mol. The number of aromatic nitrogens is 3. The molecular formula is C19H15F2N5O3S. The van der Waals surface area contributed by atoms with E-state index < -0.39 is 32.5 Å². The number of terminal acetylenes is 1. The molecule has 1 saturated heterocycles. The first-order chi connectivity index (χ1) is 14.2. The van der Waals surface area contributed by atoms with E-state index in [1.165, 1.54) is 19.2 Å². The van der Waals surface area contributed by atoms with Crippen molar-refractivity contribution in [3.05, 3.63) is 47.4 Å². The number of fused-ring (bicyclic) bond motifs is 1. The first kappa shape index (κ1) is 19.9. The first-order valence-electron chi connectivity index (χ1n) is 8.73. The van der Waals surface area contributed by atoms with Crippen molar-refractivity contribution in [2.75, 3.05) is 12.4 Å². The number of aliphatic imine (C=N–C) groups is 1. The molecule has 2 aliphatic heterocycles. The molecule has 2 aromatic rings. The minimum absolute atomic E-state index is 0.00608. The molecule has 0 spiro atoms. The predicted octanol–water partition coefficient (Wildman–Crippen LogP) is 1.68. The Morgan fingerprint density at radius 3 is 2.87 bits per heavy atom. The number of nitrogens with zero attached hydrogens (tertiary/aromatic N) is 4. The van der Waals surface area contributed by atoms with Crippen molar-refractivity contribution in [1.29, 1.82) is 0 Å². The van der Waals surface area contributed by atoms with Gasteiger partial charge in [0.15, 0.2) is 27.1 Å². The van der Waals surface area contributed by atoms with Crippen LogP contribution in [-0.4, -0.2) is 46.4 Å². The number of sulfone groups is 1. The lowest BCUT2D eigenvalue weighted by molar-refractivity contribution is 0.353. The lowest BCUT2D eigenvalue weighted by Crippen LogP contribution is -2.33. The molecule has 0 aliphatic carbocycles. The van der Waals surface area contributed by atoms with Crippen LogP contribution in [0.15, 0.2) is 29.6 Å². The summed E-state index contributed by atoms with van der Waals surface area (Å²) in [4.78, 5) is 14.5. The van der Waals surface area contributed by atoms with E-state index in [4.69, 9.17) is 11.2 Å². The quantitative estimate of drug-likeness (QED) is 0.435. The largest absolute Gasteiger partial charge is 0.463 e. The molecule has 8 nitrogen and oxygen atoms in total. The number of rotatable bonds is 5. The molecule has 30 heavy (non-hydrogen) atoms. The van der Waals surface area contributed by atoms with Crippen LogP contribution >= 0.6 is 0 Å². The fraction of sp³-hybridized carbons (Fsp3) is 0.263. The summed E-state index contributed by atoms with van der Waals surface area (Å²) in [5.41, 5.74) is 0.105. The van der Waals surface area contributed by atoms with Crippen LogP contribution in [-0.2, 0) is 9.84 Å². The van der Waals surface area contributed by atoms with Crippen LogP contribution in [0, 0.1) is 18.3 Å². The molecule has 11 heteroatoms. The molecule has 0 bridgehead atoms. The molecule has 2 aliphatic rings. The maximum Gasteiger partial charge on any atom is 0.233 e. The lowest BCUT2D eigenvalue weighted by Gasteiger charge is -2.19. The van der Waals surface area contributed by atoms with E-state index in [1.807, 2.05) is 0 Å². The number of amidine groups is 1. The molecule has 0 amide bonds. The molecule has 0 radical (unpaired) electrons. The van der Waals surface area contributed by atoms with Crippen LogP contribution in [0.4, 0.5) is 8.78 Å². The Morgan fingerprint density at radius 1 is 1.40 bits per heavy atom. The van der Waals surface area contributed by atoms with Gasteiger partial charge in [-0.25, -0.2) is 27.8 Å². The second kappa shape index (κ2) is 7.14. The number of halogens is 2. The second-order valence-corrected chi connectivity index (χ2v) is 9.19. The summed E-state index contributed by atoms with van der Waals surface area (Å²) in [5.74, 6) is 0.717. The van der Waals surface area contributed by atoms with Crippen LogP contribution < -0.4 is 10.1 Å². The number of hydrogen-bond acceptors (Lipinski definition) is 8. The lowest BCUT2D eigenvalue weighted by atomic mass is 10.1. The van der Waals surface area contributed by atoms with Gasteiger partial charge in [-0.1, -0.05) is 5.92 Å². The van der Waals surface area contributed by atoms with Crippen molar-refractivity contribution in [3.63, 3.8) is 0 Å². The fourth-order valence-corrected chi connectivity index (χ4v) is 4.55. The average Bonchev–Trinajstić information content (AvgIpc) is 3.40. The van der Waals surface area contributed by atoms with E-state index in [-0.39, 0.29) is 40.9 Å². The van der Waals surface area contributed by atoms with Crippen LogP contribution in [0.25, 0.3) is 11.9 Å². The van der Waals surface area contributed by atoms with Gasteiger partial charge in [0.2, 0.25) is 11.8 Å². The molecule has 154 valence electrons. The normalized spacial score (nSPS) is 24.1. The van der Waals surface area contributed by atoms with Crippen LogP contribution in [0.5, 0.6) is 5.88 Å². The van der Waals surface area contributed by atoms with Gasteiger partial charge in [0.05, 0.1) is 24.2 Å². The van der Waals surface area contributed by atoms with E-state index in [1.54, 1.807) is 0 Å². The number of ether oxygens (including phenoxy) is 1. The Kier molecular flexibility index (Phi) is 4.74. The summed E-state index contributed by atoms with van der Waals surface area (Å²) in [6, 6.07) is 0.346. The van der Waals surface area contributed by atoms with E-state index in [0.29, 0.717) is 0 Å². The van der Waals surface area contributed by atoms with E-state index >= 15 is 0 Å². The Labute approximate surface area is 171 Å². The highest BCUT2D eigenvalue weighted by atomic mass is 32.2. The maximum atomic E-state index is 14.6.